The number of fused-ring (bicyclic) bond motifs is 2. The van der Waals surface area contributed by atoms with Crippen molar-refractivity contribution in [3.8, 4) is 0 Å². The van der Waals surface area contributed by atoms with E-state index in [1.165, 1.54) is 50.6 Å². The van der Waals surface area contributed by atoms with Gasteiger partial charge in [-0.15, -0.1) is 0 Å². The highest BCUT2D eigenvalue weighted by atomic mass is 35.5. The number of nitrogens with zero attached hydrogens (tertiary/aromatic N) is 1. The lowest BCUT2D eigenvalue weighted by Gasteiger charge is -2.24. The Bertz CT molecular complexity index is 690. The van der Waals surface area contributed by atoms with Crippen LogP contribution in [0.4, 0.5) is 0 Å². The highest BCUT2D eigenvalue weighted by Gasteiger charge is 2.40. The van der Waals surface area contributed by atoms with Crippen molar-refractivity contribution in [2.24, 2.45) is 11.8 Å². The Morgan fingerprint density at radius 3 is 2.52 bits per heavy atom. The minimum Gasteiger partial charge on any atom is -0.352 e. The molecule has 2 saturated carbocycles. The SMILES string of the molecule is CN(CC(=O)N[C@H]1C[C@H]2CC[C@H]1C2)S(=O)(=O)c1ccc(Cl)cc1. The van der Waals surface area contributed by atoms with Crippen LogP contribution < -0.4 is 5.32 Å². The minimum absolute atomic E-state index is 0.136. The number of carbonyl (C=O) groups is 1. The van der Waals surface area contributed by atoms with Gasteiger partial charge in [-0.05, 0) is 55.4 Å². The summed E-state index contributed by atoms with van der Waals surface area (Å²) in [5, 5.41) is 3.48. The first-order chi connectivity index (χ1) is 10.9. The maximum absolute atomic E-state index is 12.4. The van der Waals surface area contributed by atoms with Gasteiger partial charge in [0, 0.05) is 18.1 Å². The van der Waals surface area contributed by atoms with E-state index in [-0.39, 0.29) is 23.4 Å². The smallest absolute Gasteiger partial charge is 0.243 e. The molecular formula is C16H21ClN2O3S. The summed E-state index contributed by atoms with van der Waals surface area (Å²) in [6.45, 7) is -0.168. The monoisotopic (exact) mass is 356 g/mol. The van der Waals surface area contributed by atoms with Crippen molar-refractivity contribution < 1.29 is 13.2 Å². The standard InChI is InChI=1S/C16H21ClN2O3S/c1-19(23(21,22)14-6-4-13(17)5-7-14)10-16(20)18-15-9-11-2-3-12(15)8-11/h4-7,11-12,15H,2-3,8-10H2,1H3,(H,18,20)/t11-,12-,15-/m0/s1. The van der Waals surface area contributed by atoms with E-state index in [4.69, 9.17) is 11.6 Å². The van der Waals surface area contributed by atoms with E-state index in [0.717, 1.165) is 16.6 Å². The maximum atomic E-state index is 12.4. The summed E-state index contributed by atoms with van der Waals surface area (Å²) in [5.74, 6) is 1.07. The third-order valence-corrected chi connectivity index (χ3v) is 7.04. The Labute approximate surface area is 142 Å². The zero-order valence-corrected chi connectivity index (χ0v) is 14.6. The summed E-state index contributed by atoms with van der Waals surface area (Å²) in [5.41, 5.74) is 0. The average molecular weight is 357 g/mol. The number of carbonyl (C=O) groups excluding carboxylic acids is 1. The van der Waals surface area contributed by atoms with Crippen molar-refractivity contribution in [2.75, 3.05) is 13.6 Å². The van der Waals surface area contributed by atoms with E-state index in [1.807, 2.05) is 0 Å². The minimum atomic E-state index is -3.68. The number of hydrogen-bond donors (Lipinski definition) is 1. The third kappa shape index (κ3) is 3.54. The molecule has 0 heterocycles. The Morgan fingerprint density at radius 2 is 1.96 bits per heavy atom. The second-order valence-corrected chi connectivity index (χ2v) is 9.05. The van der Waals surface area contributed by atoms with Crippen LogP contribution in [0.25, 0.3) is 0 Å². The van der Waals surface area contributed by atoms with Gasteiger partial charge < -0.3 is 5.32 Å². The molecule has 23 heavy (non-hydrogen) atoms. The molecule has 7 heteroatoms. The predicted octanol–water partition coefficient (Wildman–Crippen LogP) is 2.27. The molecule has 2 bridgehead atoms. The molecule has 1 amide bonds. The molecule has 3 rings (SSSR count). The summed E-state index contributed by atoms with van der Waals surface area (Å²) in [6, 6.07) is 6.16. The van der Waals surface area contributed by atoms with Crippen LogP contribution in [-0.2, 0) is 14.8 Å². The molecule has 0 spiro atoms. The number of rotatable bonds is 5. The quantitative estimate of drug-likeness (QED) is 0.880. The van der Waals surface area contributed by atoms with E-state index >= 15 is 0 Å². The van der Waals surface area contributed by atoms with Crippen molar-refractivity contribution in [3.05, 3.63) is 29.3 Å². The van der Waals surface area contributed by atoms with Crippen LogP contribution in [0.5, 0.6) is 0 Å². The molecule has 1 aromatic rings. The molecule has 1 N–H and O–H groups in total. The number of halogens is 1. The first-order valence-corrected chi connectivity index (χ1v) is 9.69. The predicted molar refractivity (Wildman–Crippen MR) is 88.6 cm³/mol. The van der Waals surface area contributed by atoms with E-state index in [9.17, 15) is 13.2 Å². The Kier molecular flexibility index (Phi) is 4.67. The third-order valence-electron chi connectivity index (χ3n) is 4.97. The number of benzene rings is 1. The highest BCUT2D eigenvalue weighted by molar-refractivity contribution is 7.89. The first-order valence-electron chi connectivity index (χ1n) is 7.87. The van der Waals surface area contributed by atoms with Crippen molar-refractivity contribution in [3.63, 3.8) is 0 Å². The fourth-order valence-corrected chi connectivity index (χ4v) is 5.00. The van der Waals surface area contributed by atoms with E-state index in [1.54, 1.807) is 0 Å². The van der Waals surface area contributed by atoms with Gasteiger partial charge in [-0.25, -0.2) is 8.42 Å². The highest BCUT2D eigenvalue weighted by Crippen LogP contribution is 2.44. The topological polar surface area (TPSA) is 66.5 Å². The van der Waals surface area contributed by atoms with E-state index in [0.29, 0.717) is 10.9 Å². The van der Waals surface area contributed by atoms with Crippen LogP contribution in [0.2, 0.25) is 5.02 Å². The first kappa shape index (κ1) is 16.7. The summed E-state index contributed by atoms with van der Waals surface area (Å²) in [6.07, 6.45) is 4.67. The van der Waals surface area contributed by atoms with Gasteiger partial charge in [0.25, 0.3) is 0 Å². The normalized spacial score (nSPS) is 26.7. The molecule has 2 fully saturated rings. The lowest BCUT2D eigenvalue weighted by atomic mass is 9.95. The van der Waals surface area contributed by atoms with Crippen LogP contribution in [-0.4, -0.2) is 38.3 Å². The molecule has 0 saturated heterocycles. The number of amides is 1. The van der Waals surface area contributed by atoms with Crippen molar-refractivity contribution in [2.45, 2.75) is 36.6 Å². The van der Waals surface area contributed by atoms with Gasteiger partial charge in [-0.1, -0.05) is 18.0 Å². The summed E-state index contributed by atoms with van der Waals surface area (Å²) in [7, 11) is -2.26. The maximum Gasteiger partial charge on any atom is 0.243 e. The van der Waals surface area contributed by atoms with Gasteiger partial charge in [-0.2, -0.15) is 4.31 Å². The molecule has 2 aliphatic rings. The molecule has 0 aromatic heterocycles. The molecule has 0 aliphatic heterocycles. The van der Waals surface area contributed by atoms with Crippen LogP contribution in [0, 0.1) is 11.8 Å². The molecule has 2 aliphatic carbocycles. The van der Waals surface area contributed by atoms with Crippen LogP contribution in [0.3, 0.4) is 0 Å². The Balaban J connectivity index is 1.60. The van der Waals surface area contributed by atoms with Gasteiger partial charge >= 0.3 is 0 Å². The van der Waals surface area contributed by atoms with Gasteiger partial charge in [0.15, 0.2) is 0 Å². The fourth-order valence-electron chi connectivity index (χ4n) is 3.75. The molecule has 5 nitrogen and oxygen atoms in total. The molecule has 3 atom stereocenters. The molecule has 0 unspecified atom stereocenters. The average Bonchev–Trinajstić information content (AvgIpc) is 3.10. The second kappa shape index (κ2) is 6.42. The van der Waals surface area contributed by atoms with Gasteiger partial charge in [0.05, 0.1) is 11.4 Å². The van der Waals surface area contributed by atoms with Crippen LogP contribution >= 0.6 is 11.6 Å². The Hall–Kier alpha value is -1.11. The van der Waals surface area contributed by atoms with Crippen molar-refractivity contribution >= 4 is 27.5 Å². The number of likely N-dealkylation sites (N-methyl/N-ethyl adjacent to an activating group) is 1. The van der Waals surface area contributed by atoms with Gasteiger partial charge in [0.2, 0.25) is 15.9 Å². The lowest BCUT2D eigenvalue weighted by Crippen LogP contribution is -2.44. The van der Waals surface area contributed by atoms with Gasteiger partial charge in [0.1, 0.15) is 0 Å². The number of hydrogen-bond acceptors (Lipinski definition) is 3. The van der Waals surface area contributed by atoms with Gasteiger partial charge in [-0.3, -0.25) is 4.79 Å². The molecule has 1 aromatic carbocycles. The fraction of sp³-hybridized carbons (Fsp3) is 0.562. The zero-order chi connectivity index (χ0) is 16.6. The van der Waals surface area contributed by atoms with Crippen molar-refractivity contribution in [1.29, 1.82) is 0 Å². The lowest BCUT2D eigenvalue weighted by molar-refractivity contribution is -0.122. The number of nitrogens with one attached hydrogen (secondary N) is 1. The molecular weight excluding hydrogens is 336 g/mol. The molecule has 126 valence electrons. The zero-order valence-electron chi connectivity index (χ0n) is 13.0. The Morgan fingerprint density at radius 1 is 1.26 bits per heavy atom. The van der Waals surface area contributed by atoms with E-state index < -0.39 is 10.0 Å². The van der Waals surface area contributed by atoms with Crippen LogP contribution in [0.15, 0.2) is 29.2 Å². The largest absolute Gasteiger partial charge is 0.352 e. The summed E-state index contributed by atoms with van der Waals surface area (Å²) in [4.78, 5) is 12.3. The summed E-state index contributed by atoms with van der Waals surface area (Å²) >= 11 is 5.78. The van der Waals surface area contributed by atoms with Crippen molar-refractivity contribution in [1.82, 2.24) is 9.62 Å². The van der Waals surface area contributed by atoms with E-state index in [2.05, 4.69) is 5.32 Å². The van der Waals surface area contributed by atoms with Crippen LogP contribution in [0.1, 0.15) is 25.7 Å². The second-order valence-electron chi connectivity index (χ2n) is 6.56. The summed E-state index contributed by atoms with van der Waals surface area (Å²) < 4.78 is 26.0. The molecule has 0 radical (unpaired) electrons. The number of sulfonamides is 1.